The van der Waals surface area contributed by atoms with Crippen LogP contribution in [0.4, 0.5) is 0 Å². The normalized spacial score (nSPS) is 18.6. The van der Waals surface area contributed by atoms with Crippen molar-refractivity contribution >= 4 is 0 Å². The molecule has 0 aromatic carbocycles. The summed E-state index contributed by atoms with van der Waals surface area (Å²) in [6.45, 7) is 5.09. The van der Waals surface area contributed by atoms with Gasteiger partial charge in [0.2, 0.25) is 0 Å². The summed E-state index contributed by atoms with van der Waals surface area (Å²) in [5, 5.41) is 3.50. The molecule has 1 fully saturated rings. The summed E-state index contributed by atoms with van der Waals surface area (Å²) < 4.78 is 10.3. The summed E-state index contributed by atoms with van der Waals surface area (Å²) in [5.74, 6) is 0.839. The third kappa shape index (κ3) is 5.58. The van der Waals surface area contributed by atoms with E-state index in [1.54, 1.807) is 7.11 Å². The Bertz CT molecular complexity index is 124. The lowest BCUT2D eigenvalue weighted by atomic mass is 10.0. The molecule has 1 N–H and O–H groups in total. The predicted octanol–water partition coefficient (Wildman–Crippen LogP) is 1.43. The van der Waals surface area contributed by atoms with Crippen LogP contribution in [0.3, 0.4) is 0 Å². The van der Waals surface area contributed by atoms with Gasteiger partial charge in [-0.05, 0) is 44.7 Å². The first-order chi connectivity index (χ1) is 6.93. The summed E-state index contributed by atoms with van der Waals surface area (Å²) in [6, 6.07) is 0. The molecule has 84 valence electrons. The average molecular weight is 201 g/mol. The molecule has 1 aliphatic rings. The van der Waals surface area contributed by atoms with E-state index in [0.717, 1.165) is 45.2 Å². The van der Waals surface area contributed by atoms with E-state index in [-0.39, 0.29) is 0 Å². The first-order valence-electron chi connectivity index (χ1n) is 5.71. The van der Waals surface area contributed by atoms with Crippen molar-refractivity contribution in [1.82, 2.24) is 5.32 Å². The predicted molar refractivity (Wildman–Crippen MR) is 57.5 cm³/mol. The van der Waals surface area contributed by atoms with Gasteiger partial charge in [0.15, 0.2) is 0 Å². The van der Waals surface area contributed by atoms with Crippen LogP contribution in [0.15, 0.2) is 0 Å². The summed E-state index contributed by atoms with van der Waals surface area (Å²) >= 11 is 0. The molecule has 0 atom stereocenters. The van der Waals surface area contributed by atoms with Crippen LogP contribution in [0.25, 0.3) is 0 Å². The lowest BCUT2D eigenvalue weighted by Gasteiger charge is -2.22. The molecule has 0 aromatic rings. The number of unbranched alkanes of at least 4 members (excludes halogenated alkanes) is 1. The molecule has 0 unspecified atom stereocenters. The van der Waals surface area contributed by atoms with E-state index in [1.807, 2.05) is 0 Å². The van der Waals surface area contributed by atoms with Crippen LogP contribution in [-0.2, 0) is 9.47 Å². The Morgan fingerprint density at radius 3 is 2.79 bits per heavy atom. The van der Waals surface area contributed by atoms with Gasteiger partial charge < -0.3 is 14.8 Å². The number of hydrogen-bond donors (Lipinski definition) is 1. The fraction of sp³-hybridized carbons (Fsp3) is 1.00. The van der Waals surface area contributed by atoms with Crippen molar-refractivity contribution in [3.8, 4) is 0 Å². The molecular weight excluding hydrogens is 178 g/mol. The van der Waals surface area contributed by atoms with Crippen LogP contribution in [0.2, 0.25) is 0 Å². The van der Waals surface area contributed by atoms with Gasteiger partial charge in [0.05, 0.1) is 0 Å². The average Bonchev–Trinajstić information content (AvgIpc) is 2.25. The first-order valence-corrected chi connectivity index (χ1v) is 5.71. The van der Waals surface area contributed by atoms with Crippen molar-refractivity contribution in [1.29, 1.82) is 0 Å². The van der Waals surface area contributed by atoms with Gasteiger partial charge >= 0.3 is 0 Å². The van der Waals surface area contributed by atoms with Gasteiger partial charge in [-0.1, -0.05) is 0 Å². The van der Waals surface area contributed by atoms with Gasteiger partial charge in [0, 0.05) is 26.9 Å². The SMILES string of the molecule is COCCCCNCC1CCOCC1. The smallest absolute Gasteiger partial charge is 0.0469 e. The minimum atomic E-state index is 0.839. The Balaban J connectivity index is 1.82. The summed E-state index contributed by atoms with van der Waals surface area (Å²) in [5.41, 5.74) is 0. The van der Waals surface area contributed by atoms with Crippen molar-refractivity contribution < 1.29 is 9.47 Å². The Morgan fingerprint density at radius 1 is 1.29 bits per heavy atom. The second kappa shape index (κ2) is 8.21. The highest BCUT2D eigenvalue weighted by atomic mass is 16.5. The van der Waals surface area contributed by atoms with E-state index in [1.165, 1.54) is 19.3 Å². The highest BCUT2D eigenvalue weighted by Gasteiger charge is 2.12. The monoisotopic (exact) mass is 201 g/mol. The minimum absolute atomic E-state index is 0.839. The molecule has 3 nitrogen and oxygen atoms in total. The Morgan fingerprint density at radius 2 is 2.07 bits per heavy atom. The Hall–Kier alpha value is -0.120. The van der Waals surface area contributed by atoms with Crippen molar-refractivity contribution in [2.75, 3.05) is 40.0 Å². The highest BCUT2D eigenvalue weighted by Crippen LogP contribution is 2.12. The van der Waals surface area contributed by atoms with E-state index in [4.69, 9.17) is 9.47 Å². The maximum atomic E-state index is 5.31. The fourth-order valence-electron chi connectivity index (χ4n) is 1.75. The lowest BCUT2D eigenvalue weighted by Crippen LogP contribution is -2.28. The van der Waals surface area contributed by atoms with Crippen LogP contribution in [-0.4, -0.2) is 40.0 Å². The minimum Gasteiger partial charge on any atom is -0.385 e. The van der Waals surface area contributed by atoms with Gasteiger partial charge in [-0.3, -0.25) is 0 Å². The number of ether oxygens (including phenoxy) is 2. The number of rotatable bonds is 7. The lowest BCUT2D eigenvalue weighted by molar-refractivity contribution is 0.0663. The van der Waals surface area contributed by atoms with Gasteiger partial charge in [0.25, 0.3) is 0 Å². The second-order valence-corrected chi connectivity index (χ2v) is 3.96. The zero-order valence-corrected chi connectivity index (χ0v) is 9.26. The molecule has 14 heavy (non-hydrogen) atoms. The van der Waals surface area contributed by atoms with Crippen LogP contribution < -0.4 is 5.32 Å². The Labute approximate surface area is 87.2 Å². The molecule has 0 spiro atoms. The molecule has 1 rings (SSSR count). The molecule has 0 saturated carbocycles. The van der Waals surface area contributed by atoms with Crippen LogP contribution >= 0.6 is 0 Å². The third-order valence-electron chi connectivity index (χ3n) is 2.73. The summed E-state index contributed by atoms with van der Waals surface area (Å²) in [6.07, 6.45) is 4.84. The molecule has 0 bridgehead atoms. The largest absolute Gasteiger partial charge is 0.385 e. The molecule has 1 saturated heterocycles. The van der Waals surface area contributed by atoms with Gasteiger partial charge in [-0.15, -0.1) is 0 Å². The van der Waals surface area contributed by atoms with E-state index in [0.29, 0.717) is 0 Å². The molecule has 3 heteroatoms. The van der Waals surface area contributed by atoms with Gasteiger partial charge in [0.1, 0.15) is 0 Å². The molecule has 1 heterocycles. The quantitative estimate of drug-likeness (QED) is 0.632. The van der Waals surface area contributed by atoms with Crippen LogP contribution in [0.1, 0.15) is 25.7 Å². The zero-order valence-electron chi connectivity index (χ0n) is 9.26. The number of hydrogen-bond acceptors (Lipinski definition) is 3. The van der Waals surface area contributed by atoms with Crippen LogP contribution in [0.5, 0.6) is 0 Å². The van der Waals surface area contributed by atoms with Gasteiger partial charge in [-0.2, -0.15) is 0 Å². The van der Waals surface area contributed by atoms with E-state index in [9.17, 15) is 0 Å². The molecule has 0 aromatic heterocycles. The maximum Gasteiger partial charge on any atom is 0.0469 e. The molecule has 0 aliphatic carbocycles. The fourth-order valence-corrected chi connectivity index (χ4v) is 1.75. The molecule has 1 aliphatic heterocycles. The van der Waals surface area contributed by atoms with Crippen molar-refractivity contribution in [3.63, 3.8) is 0 Å². The Kier molecular flexibility index (Phi) is 7.01. The zero-order chi connectivity index (χ0) is 10.1. The molecule has 0 radical (unpaired) electrons. The first kappa shape index (κ1) is 12.0. The summed E-state index contributed by atoms with van der Waals surface area (Å²) in [4.78, 5) is 0. The molecular formula is C11H23NO2. The topological polar surface area (TPSA) is 30.5 Å². The number of methoxy groups -OCH3 is 1. The van der Waals surface area contributed by atoms with Gasteiger partial charge in [-0.25, -0.2) is 0 Å². The van der Waals surface area contributed by atoms with E-state index < -0.39 is 0 Å². The number of nitrogens with one attached hydrogen (secondary N) is 1. The maximum absolute atomic E-state index is 5.31. The standard InChI is InChI=1S/C11H23NO2/c1-13-7-3-2-6-12-10-11-4-8-14-9-5-11/h11-12H,2-10H2,1H3. The second-order valence-electron chi connectivity index (χ2n) is 3.96. The van der Waals surface area contributed by atoms with Crippen molar-refractivity contribution in [2.24, 2.45) is 5.92 Å². The summed E-state index contributed by atoms with van der Waals surface area (Å²) in [7, 11) is 1.76. The van der Waals surface area contributed by atoms with Crippen molar-refractivity contribution in [2.45, 2.75) is 25.7 Å². The van der Waals surface area contributed by atoms with E-state index >= 15 is 0 Å². The highest BCUT2D eigenvalue weighted by molar-refractivity contribution is 4.65. The molecule has 0 amide bonds. The van der Waals surface area contributed by atoms with Crippen molar-refractivity contribution in [3.05, 3.63) is 0 Å². The third-order valence-corrected chi connectivity index (χ3v) is 2.73. The van der Waals surface area contributed by atoms with E-state index in [2.05, 4.69) is 5.32 Å². The van der Waals surface area contributed by atoms with Crippen LogP contribution in [0, 0.1) is 5.92 Å².